The standard InChI is InChI=1S/C34H38N4O12S.C13H14Cl3N7O4/c1-24-15-17-27(18-16-24)51(44,45)38-28(31(41)46-2)14-9-19-35-32(36-33(42)49-22-47-29(39)20-25-10-5-3-6-11-25)37-34(43)50-23-48-30(40)21-26-12-7-4-8-13-26;1-8-19-7-9(23(25)26)22(8)5-6-27-12(24)21-10(13(14,15)16)20-11-17-3-2-4-18-11/h3-8,10-13,15-18,28,38H,9,14,19-23H2,1-2H3,(H2,35,36,37,42,43);2-4,7,10H,5-6H2,1H3,(H,21,24)(H,17,18,20)/t28-;/m0./s1. The SMILES string of the molecule is COC(=O)[C@H](CCCN=C(NC(=O)OCOC(=O)Cc1ccccc1)NC(=O)OCOC(=O)Cc1ccccc1)NS(=O)(=O)c1ccc(C)cc1.Cc1ncc([N+](=O)[O-])n1CCOC(=O)NC(Nc1ncccn1)C(Cl)(Cl)Cl. The van der Waals surface area contributed by atoms with Gasteiger partial charge in [0.15, 0.2) is 12.0 Å². The highest BCUT2D eigenvalue weighted by Gasteiger charge is 2.35. The lowest BCUT2D eigenvalue weighted by Crippen LogP contribution is -2.49. The van der Waals surface area contributed by atoms with Crippen LogP contribution in [0.4, 0.5) is 26.1 Å². The van der Waals surface area contributed by atoms with Crippen LogP contribution in [0, 0.1) is 24.0 Å². The average Bonchev–Trinajstić information content (AvgIpc) is 3.77. The third-order valence-electron chi connectivity index (χ3n) is 9.88. The summed E-state index contributed by atoms with van der Waals surface area (Å²) in [5.41, 5.74) is 2.22. The number of methoxy groups -OCH3 is 1. The molecule has 0 saturated carbocycles. The zero-order chi connectivity index (χ0) is 57.1. The number of esters is 3. The van der Waals surface area contributed by atoms with Gasteiger partial charge in [-0.1, -0.05) is 113 Å². The molecule has 31 heteroatoms. The molecule has 27 nitrogen and oxygen atoms in total. The smallest absolute Gasteiger partial charge is 0.416 e. The molecule has 0 aliphatic heterocycles. The Morgan fingerprint density at radius 3 is 1.82 bits per heavy atom. The maximum atomic E-state index is 12.9. The monoisotopic (exact) mass is 1160 g/mol. The number of aryl methyl sites for hydroxylation is 2. The molecule has 5 rings (SSSR count). The van der Waals surface area contributed by atoms with Gasteiger partial charge in [0.2, 0.25) is 39.3 Å². The molecule has 0 bridgehead atoms. The lowest BCUT2D eigenvalue weighted by Gasteiger charge is -2.25. The Morgan fingerprint density at radius 1 is 0.756 bits per heavy atom. The number of guanidine groups is 1. The summed E-state index contributed by atoms with van der Waals surface area (Å²) in [4.78, 5) is 99.3. The first-order valence-electron chi connectivity index (χ1n) is 22.8. The van der Waals surface area contributed by atoms with Crippen LogP contribution >= 0.6 is 34.8 Å². The van der Waals surface area contributed by atoms with Gasteiger partial charge in [-0.05, 0) is 54.0 Å². The number of imidazole rings is 1. The Hall–Kier alpha value is -8.18. The number of rotatable bonds is 23. The van der Waals surface area contributed by atoms with Gasteiger partial charge in [-0.15, -0.1) is 0 Å². The molecule has 3 aromatic carbocycles. The van der Waals surface area contributed by atoms with Crippen molar-refractivity contribution >= 4 is 98.7 Å². The summed E-state index contributed by atoms with van der Waals surface area (Å²) in [6.45, 7) is 1.58. The molecule has 0 aliphatic rings. The number of nitrogens with one attached hydrogen (secondary N) is 5. The van der Waals surface area contributed by atoms with Crippen LogP contribution in [0.2, 0.25) is 0 Å². The highest BCUT2D eigenvalue weighted by molar-refractivity contribution is 7.89. The van der Waals surface area contributed by atoms with E-state index in [2.05, 4.69) is 45.9 Å². The van der Waals surface area contributed by atoms with Crippen molar-refractivity contribution in [1.82, 2.24) is 40.2 Å². The molecule has 78 heavy (non-hydrogen) atoms. The third-order valence-corrected chi connectivity index (χ3v) is 12.0. The van der Waals surface area contributed by atoms with Crippen molar-refractivity contribution in [2.24, 2.45) is 4.99 Å². The molecule has 418 valence electrons. The molecule has 5 N–H and O–H groups in total. The second-order valence-corrected chi connectivity index (χ2v) is 19.7. The topological polar surface area (TPSA) is 351 Å². The van der Waals surface area contributed by atoms with Crippen LogP contribution in [0.5, 0.6) is 0 Å². The second-order valence-electron chi connectivity index (χ2n) is 15.6. The van der Waals surface area contributed by atoms with E-state index in [1.165, 1.54) is 29.1 Å². The molecule has 0 spiro atoms. The third kappa shape index (κ3) is 23.0. The predicted molar refractivity (Wildman–Crippen MR) is 278 cm³/mol. The number of sulfonamides is 1. The summed E-state index contributed by atoms with van der Waals surface area (Å²) in [5.74, 6) is -2.33. The number of hydrogen-bond donors (Lipinski definition) is 5. The fourth-order valence-corrected chi connectivity index (χ4v) is 7.64. The van der Waals surface area contributed by atoms with E-state index in [4.69, 9.17) is 63.2 Å². The van der Waals surface area contributed by atoms with Gasteiger partial charge >= 0.3 is 42.0 Å². The normalized spacial score (nSPS) is 11.6. The largest absolute Gasteiger partial charge is 0.468 e. The maximum Gasteiger partial charge on any atom is 0.416 e. The van der Waals surface area contributed by atoms with Crippen molar-refractivity contribution in [3.63, 3.8) is 0 Å². The van der Waals surface area contributed by atoms with Crippen molar-refractivity contribution in [3.8, 4) is 0 Å². The van der Waals surface area contributed by atoms with E-state index in [9.17, 15) is 47.3 Å². The number of ether oxygens (including phenoxy) is 6. The summed E-state index contributed by atoms with van der Waals surface area (Å²) in [5, 5.41) is 20.2. The quantitative estimate of drug-likeness (QED) is 0.00636. The highest BCUT2D eigenvalue weighted by Crippen LogP contribution is 2.30. The van der Waals surface area contributed by atoms with Gasteiger partial charge in [-0.3, -0.25) is 35.3 Å². The van der Waals surface area contributed by atoms with E-state index in [0.717, 1.165) is 18.9 Å². The molecular weight excluding hydrogens is 1110 g/mol. The molecule has 2 atom stereocenters. The molecule has 1 unspecified atom stereocenters. The van der Waals surface area contributed by atoms with Crippen molar-refractivity contribution in [1.29, 1.82) is 0 Å². The van der Waals surface area contributed by atoms with Gasteiger partial charge in [0, 0.05) is 25.9 Å². The van der Waals surface area contributed by atoms with E-state index in [0.29, 0.717) is 17.0 Å². The van der Waals surface area contributed by atoms with Crippen molar-refractivity contribution < 1.29 is 70.5 Å². The first-order chi connectivity index (χ1) is 37.1. The van der Waals surface area contributed by atoms with Crippen molar-refractivity contribution in [2.45, 2.75) is 67.0 Å². The minimum absolute atomic E-state index is 0.0310. The molecule has 0 fully saturated rings. The van der Waals surface area contributed by atoms with Crippen LogP contribution in [0.15, 0.2) is 119 Å². The van der Waals surface area contributed by atoms with Crippen LogP contribution < -0.4 is 26.0 Å². The summed E-state index contributed by atoms with van der Waals surface area (Å²) in [6.07, 6.45) is -0.546. The number of nitro groups is 1. The van der Waals surface area contributed by atoms with Crippen LogP contribution in [-0.2, 0) is 72.2 Å². The number of hydrogen-bond acceptors (Lipinski definition) is 21. The molecule has 0 saturated heterocycles. The number of nitrogens with zero attached hydrogens (tertiary/aromatic N) is 6. The van der Waals surface area contributed by atoms with E-state index in [-0.39, 0.29) is 62.0 Å². The molecule has 5 aromatic rings. The van der Waals surface area contributed by atoms with E-state index in [1.54, 1.807) is 92.7 Å². The fourth-order valence-electron chi connectivity index (χ4n) is 6.10. The van der Waals surface area contributed by atoms with Crippen LogP contribution in [-0.4, -0.2) is 125 Å². The molecule has 2 aromatic heterocycles. The lowest BCUT2D eigenvalue weighted by atomic mass is 10.2. The first kappa shape index (κ1) is 62.4. The van der Waals surface area contributed by atoms with Gasteiger partial charge in [-0.2, -0.15) is 4.72 Å². The predicted octanol–water partition coefficient (Wildman–Crippen LogP) is 5.31. The van der Waals surface area contributed by atoms with Crippen LogP contribution in [0.25, 0.3) is 0 Å². The molecule has 2 heterocycles. The zero-order valence-corrected chi connectivity index (χ0v) is 44.8. The summed E-state index contributed by atoms with van der Waals surface area (Å²) >= 11 is 17.5. The number of amides is 3. The second kappa shape index (κ2) is 31.8. The van der Waals surface area contributed by atoms with Gasteiger partial charge in [0.05, 0.1) is 24.8 Å². The minimum atomic E-state index is -4.09. The molecule has 0 aliphatic carbocycles. The Kier molecular flexibility index (Phi) is 25.4. The van der Waals surface area contributed by atoms with Gasteiger partial charge in [0.25, 0.3) is 0 Å². The Morgan fingerprint density at radius 2 is 1.31 bits per heavy atom. The summed E-state index contributed by atoms with van der Waals surface area (Å²) in [6, 6.07) is 23.8. The van der Waals surface area contributed by atoms with E-state index in [1.807, 2.05) is 0 Å². The zero-order valence-electron chi connectivity index (χ0n) is 41.7. The Labute approximate surface area is 460 Å². The maximum absolute atomic E-state index is 12.9. The van der Waals surface area contributed by atoms with E-state index < -0.39 is 86.7 Å². The lowest BCUT2D eigenvalue weighted by molar-refractivity contribution is -0.392. The number of halogens is 3. The number of alkyl carbamates (subject to hydrolysis) is 3. The van der Waals surface area contributed by atoms with E-state index >= 15 is 0 Å². The number of carbonyl (C=O) groups excluding carboxylic acids is 6. The average molecular weight is 1170 g/mol. The fraction of sp³-hybridized carbons (Fsp3) is 0.319. The Balaban J connectivity index is 0.000000407. The number of aliphatic imine (C=N–C) groups is 1. The number of carbonyl (C=O) groups is 6. The van der Waals surface area contributed by atoms with Crippen LogP contribution in [0.3, 0.4) is 0 Å². The van der Waals surface area contributed by atoms with Gasteiger partial charge in [0.1, 0.15) is 25.4 Å². The Bertz CT molecular complexity index is 2850. The molecule has 0 radical (unpaired) electrons. The number of anilines is 1. The number of benzene rings is 3. The molecular formula is C47H52Cl3N11O16S. The van der Waals surface area contributed by atoms with Crippen molar-refractivity contribution in [2.75, 3.05) is 39.2 Å². The summed E-state index contributed by atoms with van der Waals surface area (Å²) < 4.78 is 56.7. The van der Waals surface area contributed by atoms with Gasteiger partial charge < -0.3 is 43.9 Å². The molecule has 3 amide bonds. The number of aromatic nitrogens is 4. The van der Waals surface area contributed by atoms with Crippen molar-refractivity contribution in [3.05, 3.63) is 142 Å². The summed E-state index contributed by atoms with van der Waals surface area (Å²) in [7, 11) is -2.98. The first-order valence-corrected chi connectivity index (χ1v) is 25.4. The minimum Gasteiger partial charge on any atom is -0.468 e. The van der Waals surface area contributed by atoms with Crippen LogP contribution in [0.1, 0.15) is 35.4 Å². The highest BCUT2D eigenvalue weighted by atomic mass is 35.6. The number of alkyl halides is 3. The van der Waals surface area contributed by atoms with Gasteiger partial charge in [-0.25, -0.2) is 42.3 Å².